The van der Waals surface area contributed by atoms with E-state index in [0.717, 1.165) is 80.6 Å². The van der Waals surface area contributed by atoms with Crippen molar-refractivity contribution in [3.05, 3.63) is 35.7 Å². The number of hydrogen-bond donors (Lipinski definition) is 2. The molecule has 0 unspecified atom stereocenters. The number of nitrogens with one attached hydrogen (secondary N) is 2. The van der Waals surface area contributed by atoms with Gasteiger partial charge >= 0.3 is 0 Å². The summed E-state index contributed by atoms with van der Waals surface area (Å²) in [4.78, 5) is 14.0. The molecule has 0 amide bonds. The van der Waals surface area contributed by atoms with Crippen molar-refractivity contribution >= 4 is 17.3 Å². The highest BCUT2D eigenvalue weighted by molar-refractivity contribution is 5.71. The van der Waals surface area contributed by atoms with E-state index in [1.165, 1.54) is 18.5 Å². The van der Waals surface area contributed by atoms with Gasteiger partial charge in [0.05, 0.1) is 24.5 Å². The topological polar surface area (TPSA) is 74.8 Å². The van der Waals surface area contributed by atoms with E-state index >= 15 is 0 Å². The molecule has 5 heterocycles. The first kappa shape index (κ1) is 18.4. The van der Waals surface area contributed by atoms with Crippen molar-refractivity contribution in [2.75, 3.05) is 62.7 Å². The summed E-state index contributed by atoms with van der Waals surface area (Å²) in [5, 5.41) is 6.93. The van der Waals surface area contributed by atoms with Gasteiger partial charge in [-0.05, 0) is 36.6 Å². The molecule has 1 atom stereocenters. The molecule has 8 nitrogen and oxygen atoms in total. The lowest BCUT2D eigenvalue weighted by molar-refractivity contribution is 0.122. The predicted molar refractivity (Wildman–Crippen MR) is 115 cm³/mol. The Balaban J connectivity index is 1.25. The highest BCUT2D eigenvalue weighted by Gasteiger charge is 2.32. The van der Waals surface area contributed by atoms with Crippen molar-refractivity contribution in [3.8, 4) is 5.75 Å². The molecule has 2 N–H and O–H groups in total. The summed E-state index contributed by atoms with van der Waals surface area (Å²) in [5.74, 6) is 3.25. The van der Waals surface area contributed by atoms with E-state index in [1.54, 1.807) is 6.33 Å². The SMILES string of the molecule is c1nc2c(c(N3CCOCC3)n1)COc1ccc([C@@H]3CCN(C4CNC4)C3)cc1N2. The van der Waals surface area contributed by atoms with E-state index in [1.807, 2.05) is 0 Å². The zero-order chi connectivity index (χ0) is 19.9. The largest absolute Gasteiger partial charge is 0.486 e. The molecule has 3 fully saturated rings. The first-order chi connectivity index (χ1) is 14.8. The van der Waals surface area contributed by atoms with Gasteiger partial charge in [0.15, 0.2) is 0 Å². The molecule has 0 bridgehead atoms. The van der Waals surface area contributed by atoms with Gasteiger partial charge in [-0.2, -0.15) is 0 Å². The Kier molecular flexibility index (Phi) is 4.70. The quantitative estimate of drug-likeness (QED) is 0.795. The number of likely N-dealkylation sites (tertiary alicyclic amines) is 1. The molecule has 6 rings (SSSR count). The number of nitrogens with zero attached hydrogens (tertiary/aromatic N) is 4. The fraction of sp³-hybridized carbons (Fsp3) is 0.545. The second-order valence-electron chi connectivity index (χ2n) is 8.59. The van der Waals surface area contributed by atoms with Crippen LogP contribution < -0.4 is 20.3 Å². The van der Waals surface area contributed by atoms with Crippen LogP contribution in [0.25, 0.3) is 0 Å². The maximum Gasteiger partial charge on any atom is 0.143 e. The van der Waals surface area contributed by atoms with Crippen molar-refractivity contribution in [1.29, 1.82) is 0 Å². The molecule has 0 radical (unpaired) electrons. The van der Waals surface area contributed by atoms with Gasteiger partial charge in [0.2, 0.25) is 0 Å². The summed E-state index contributed by atoms with van der Waals surface area (Å²) in [6.45, 7) is 8.21. The van der Waals surface area contributed by atoms with Gasteiger partial charge in [0, 0.05) is 38.8 Å². The zero-order valence-corrected chi connectivity index (χ0v) is 17.1. The van der Waals surface area contributed by atoms with Crippen LogP contribution in [-0.4, -0.2) is 73.4 Å². The van der Waals surface area contributed by atoms with E-state index in [4.69, 9.17) is 9.47 Å². The highest BCUT2D eigenvalue weighted by Crippen LogP contribution is 2.39. The minimum atomic E-state index is 0.466. The molecule has 4 aliphatic rings. The van der Waals surface area contributed by atoms with E-state index in [-0.39, 0.29) is 0 Å². The van der Waals surface area contributed by atoms with E-state index in [9.17, 15) is 0 Å². The van der Waals surface area contributed by atoms with Gasteiger partial charge in [-0.1, -0.05) is 6.07 Å². The van der Waals surface area contributed by atoms with Gasteiger partial charge in [-0.25, -0.2) is 9.97 Å². The lowest BCUT2D eigenvalue weighted by Crippen LogP contribution is -2.56. The number of aromatic nitrogens is 2. The molecule has 158 valence electrons. The number of ether oxygens (including phenoxy) is 2. The Morgan fingerprint density at radius 2 is 1.97 bits per heavy atom. The third-order valence-corrected chi connectivity index (χ3v) is 6.83. The van der Waals surface area contributed by atoms with Crippen molar-refractivity contribution in [1.82, 2.24) is 20.2 Å². The second-order valence-corrected chi connectivity index (χ2v) is 8.59. The molecule has 0 saturated carbocycles. The van der Waals surface area contributed by atoms with Crippen LogP contribution in [0.1, 0.15) is 23.5 Å². The van der Waals surface area contributed by atoms with Gasteiger partial charge in [-0.15, -0.1) is 0 Å². The van der Waals surface area contributed by atoms with Crippen LogP contribution in [0.2, 0.25) is 0 Å². The molecule has 30 heavy (non-hydrogen) atoms. The van der Waals surface area contributed by atoms with Crippen LogP contribution in [0, 0.1) is 0 Å². The van der Waals surface area contributed by atoms with Crippen molar-refractivity contribution in [2.24, 2.45) is 0 Å². The summed E-state index contributed by atoms with van der Waals surface area (Å²) in [7, 11) is 0. The summed E-state index contributed by atoms with van der Waals surface area (Å²) in [6.07, 6.45) is 2.86. The van der Waals surface area contributed by atoms with E-state index in [2.05, 4.69) is 48.6 Å². The maximum absolute atomic E-state index is 6.19. The average Bonchev–Trinajstić information content (AvgIpc) is 3.13. The summed E-state index contributed by atoms with van der Waals surface area (Å²) < 4.78 is 11.7. The van der Waals surface area contributed by atoms with Crippen molar-refractivity contribution in [3.63, 3.8) is 0 Å². The van der Waals surface area contributed by atoms with Gasteiger partial charge < -0.3 is 25.0 Å². The first-order valence-corrected chi connectivity index (χ1v) is 11.0. The van der Waals surface area contributed by atoms with Gasteiger partial charge in [0.25, 0.3) is 0 Å². The van der Waals surface area contributed by atoms with Crippen LogP contribution >= 0.6 is 0 Å². The smallest absolute Gasteiger partial charge is 0.143 e. The van der Waals surface area contributed by atoms with Crippen LogP contribution in [0.3, 0.4) is 0 Å². The van der Waals surface area contributed by atoms with Crippen molar-refractivity contribution in [2.45, 2.75) is 25.0 Å². The molecular weight excluding hydrogens is 380 g/mol. The Morgan fingerprint density at radius 1 is 1.07 bits per heavy atom. The van der Waals surface area contributed by atoms with Crippen LogP contribution in [0.5, 0.6) is 5.75 Å². The number of morpholine rings is 1. The Labute approximate surface area is 176 Å². The van der Waals surface area contributed by atoms with Gasteiger partial charge in [-0.3, -0.25) is 4.90 Å². The molecular formula is C22H28N6O2. The summed E-state index contributed by atoms with van der Waals surface area (Å²) in [6, 6.07) is 7.32. The Hall–Kier alpha value is -2.42. The highest BCUT2D eigenvalue weighted by atomic mass is 16.5. The molecule has 1 aromatic carbocycles. The Bertz CT molecular complexity index is 928. The molecule has 3 saturated heterocycles. The molecule has 1 aromatic heterocycles. The van der Waals surface area contributed by atoms with Crippen LogP contribution in [0.4, 0.5) is 17.3 Å². The lowest BCUT2D eigenvalue weighted by Gasteiger charge is -2.35. The summed E-state index contributed by atoms with van der Waals surface area (Å²) in [5.41, 5.74) is 3.40. The van der Waals surface area contributed by atoms with Crippen LogP contribution in [-0.2, 0) is 11.3 Å². The van der Waals surface area contributed by atoms with E-state index in [0.29, 0.717) is 12.5 Å². The first-order valence-electron chi connectivity index (χ1n) is 11.0. The standard InChI is InChI=1S/C22H28N6O2/c1-2-20-19(9-15(1)16-3-4-28(12-16)17-10-23-11-17)26-21-18(13-30-20)22(25-14-24-21)27-5-7-29-8-6-27/h1-2,9,14,16-17,23H,3-8,10-13H2,(H,24,25,26)/t16-/m1/s1. The number of benzene rings is 1. The monoisotopic (exact) mass is 408 g/mol. The van der Waals surface area contributed by atoms with Crippen LogP contribution in [0.15, 0.2) is 24.5 Å². The fourth-order valence-electron chi connectivity index (χ4n) is 4.92. The minimum absolute atomic E-state index is 0.466. The number of fused-ring (bicyclic) bond motifs is 2. The molecule has 4 aliphatic heterocycles. The molecule has 2 aromatic rings. The molecule has 0 aliphatic carbocycles. The van der Waals surface area contributed by atoms with E-state index < -0.39 is 0 Å². The minimum Gasteiger partial charge on any atom is -0.486 e. The molecule has 8 heteroatoms. The predicted octanol–water partition coefficient (Wildman–Crippen LogP) is 1.71. The third-order valence-electron chi connectivity index (χ3n) is 6.83. The summed E-state index contributed by atoms with van der Waals surface area (Å²) >= 11 is 0. The maximum atomic E-state index is 6.19. The van der Waals surface area contributed by atoms with Crippen molar-refractivity contribution < 1.29 is 9.47 Å². The second kappa shape index (κ2) is 7.68. The third kappa shape index (κ3) is 3.29. The number of rotatable bonds is 3. The lowest BCUT2D eigenvalue weighted by atomic mass is 9.97. The number of hydrogen-bond acceptors (Lipinski definition) is 8. The Morgan fingerprint density at radius 3 is 2.80 bits per heavy atom. The normalized spacial score (nSPS) is 24.3. The molecule has 0 spiro atoms. The van der Waals surface area contributed by atoms with Gasteiger partial charge in [0.1, 0.15) is 30.3 Å². The average molecular weight is 409 g/mol. The fourth-order valence-corrected chi connectivity index (χ4v) is 4.92. The zero-order valence-electron chi connectivity index (χ0n) is 17.1. The number of anilines is 3.